The number of nitrogens with zero attached hydrogens (tertiary/aromatic N) is 5. The molecule has 2 unspecified atom stereocenters. The number of rotatable bonds is 3. The van der Waals surface area contributed by atoms with Gasteiger partial charge >= 0.3 is 15.6 Å². The minimum atomic E-state index is -5.03. The Morgan fingerprint density at radius 1 is 1.15 bits per heavy atom. The topological polar surface area (TPSA) is 266 Å². The van der Waals surface area contributed by atoms with Crippen LogP contribution >= 0.6 is 15.6 Å². The lowest BCUT2D eigenvalue weighted by Crippen LogP contribution is -2.48. The Hall–Kier alpha value is -2.83. The summed E-state index contributed by atoms with van der Waals surface area (Å²) in [5.74, 6) is -0.768. The number of phosphoric acid groups is 2. The second-order valence-corrected chi connectivity index (χ2v) is 12.4. The summed E-state index contributed by atoms with van der Waals surface area (Å²) in [7, 11) is -9.78. The van der Waals surface area contributed by atoms with Crippen molar-refractivity contribution in [2.45, 2.75) is 43.0 Å². The van der Waals surface area contributed by atoms with Gasteiger partial charge in [0.05, 0.1) is 32.3 Å². The van der Waals surface area contributed by atoms with Crippen molar-refractivity contribution in [1.82, 2.24) is 29.5 Å². The monoisotopic (exact) mass is 617 g/mol. The van der Waals surface area contributed by atoms with Crippen molar-refractivity contribution in [2.24, 2.45) is 5.92 Å². The fraction of sp³-hybridized carbons (Fsp3) is 0.550. The van der Waals surface area contributed by atoms with Gasteiger partial charge in [-0.15, -0.1) is 0 Å². The number of aliphatic hydroxyl groups is 1. The molecule has 3 aromatic rings. The molecular weight excluding hydrogens is 592 g/mol. The van der Waals surface area contributed by atoms with E-state index in [9.17, 15) is 28.8 Å². The third-order valence-corrected chi connectivity index (χ3v) is 9.01. The Morgan fingerprint density at radius 2 is 1.95 bits per heavy atom. The molecule has 0 amide bonds. The number of H-pyrrole nitrogens is 1. The number of aromatic nitrogens is 6. The van der Waals surface area contributed by atoms with Crippen LogP contribution in [0.5, 0.6) is 5.88 Å². The number of aliphatic hydroxyl groups excluding tert-OH is 1. The predicted octanol–water partition coefficient (Wildman–Crippen LogP) is -0.589. The largest absolute Gasteiger partial charge is 0.474 e. The van der Waals surface area contributed by atoms with E-state index in [0.717, 1.165) is 10.9 Å². The first-order valence-electron chi connectivity index (χ1n) is 12.2. The first-order valence-corrected chi connectivity index (χ1v) is 15.2. The number of anilines is 1. The molecule has 2 aliphatic heterocycles. The maximum atomic E-state index is 13.3. The van der Waals surface area contributed by atoms with E-state index in [-0.39, 0.29) is 35.8 Å². The molecule has 6 N–H and O–H groups in total. The summed E-state index contributed by atoms with van der Waals surface area (Å²) >= 11 is 0. The van der Waals surface area contributed by atoms with Gasteiger partial charge < -0.3 is 30.1 Å². The van der Waals surface area contributed by atoms with Crippen LogP contribution < -0.4 is 16.0 Å². The second-order valence-electron chi connectivity index (χ2n) is 9.66. The zero-order chi connectivity index (χ0) is 29.0. The fourth-order valence-corrected chi connectivity index (χ4v) is 7.19. The highest BCUT2D eigenvalue weighted by molar-refractivity contribution is 7.47. The van der Waals surface area contributed by atoms with Gasteiger partial charge in [-0.2, -0.15) is 4.98 Å². The molecule has 21 heteroatoms. The number of nitrogen functional groups attached to an aromatic ring is 1. The van der Waals surface area contributed by atoms with Gasteiger partial charge in [0, 0.05) is 24.6 Å². The fourth-order valence-electron chi connectivity index (χ4n) is 5.11. The highest BCUT2D eigenvalue weighted by Crippen LogP contribution is 2.55. The van der Waals surface area contributed by atoms with E-state index in [0.29, 0.717) is 0 Å². The number of nitrogens with two attached hydrogens (primary N) is 1. The Bertz CT molecular complexity index is 1590. The van der Waals surface area contributed by atoms with Crippen molar-refractivity contribution >= 4 is 32.8 Å². The highest BCUT2D eigenvalue weighted by atomic mass is 31.2. The van der Waals surface area contributed by atoms with Crippen molar-refractivity contribution in [3.05, 3.63) is 35.3 Å². The lowest BCUT2D eigenvalue weighted by Gasteiger charge is -2.34. The zero-order valence-corrected chi connectivity index (χ0v) is 22.7. The van der Waals surface area contributed by atoms with Gasteiger partial charge in [0.25, 0.3) is 5.56 Å². The van der Waals surface area contributed by atoms with Crippen molar-refractivity contribution in [1.29, 1.82) is 0 Å². The van der Waals surface area contributed by atoms with Crippen LogP contribution in [0.25, 0.3) is 11.2 Å². The Morgan fingerprint density at radius 3 is 2.73 bits per heavy atom. The van der Waals surface area contributed by atoms with Crippen LogP contribution in [-0.2, 0) is 37.7 Å². The molecule has 2 bridgehead atoms. The number of fused-ring (bicyclic) bond motifs is 4. The van der Waals surface area contributed by atoms with Crippen LogP contribution in [0.2, 0.25) is 0 Å². The summed E-state index contributed by atoms with van der Waals surface area (Å²) in [5.41, 5.74) is 2.31. The number of hydrogen-bond donors (Lipinski definition) is 5. The average molecular weight is 617 g/mol. The second kappa shape index (κ2) is 10.5. The molecule has 0 spiro atoms. The molecule has 3 aliphatic rings. The molecule has 1 aliphatic carbocycles. The van der Waals surface area contributed by atoms with Gasteiger partial charge in [0.1, 0.15) is 24.6 Å². The van der Waals surface area contributed by atoms with Gasteiger partial charge in [-0.05, 0) is 6.42 Å². The third kappa shape index (κ3) is 5.53. The van der Waals surface area contributed by atoms with Crippen LogP contribution in [0, 0.1) is 5.92 Å². The molecule has 41 heavy (non-hydrogen) atoms. The minimum absolute atomic E-state index is 0.0949. The van der Waals surface area contributed by atoms with Crippen LogP contribution in [0.4, 0.5) is 5.95 Å². The summed E-state index contributed by atoms with van der Waals surface area (Å²) in [6.45, 7) is -1.76. The summed E-state index contributed by atoms with van der Waals surface area (Å²) in [5, 5.41) is 11.3. The average Bonchev–Trinajstić information content (AvgIpc) is 3.58. The van der Waals surface area contributed by atoms with Gasteiger partial charge in [-0.25, -0.2) is 24.1 Å². The number of nitrogens with one attached hydrogen (secondary N) is 1. The molecular formula is C20H25N7O12P2. The first kappa shape index (κ1) is 28.3. The molecule has 5 heterocycles. The van der Waals surface area contributed by atoms with Crippen LogP contribution in [0.15, 0.2) is 29.7 Å². The van der Waals surface area contributed by atoms with Gasteiger partial charge in [-0.1, -0.05) is 0 Å². The molecule has 3 aromatic heterocycles. The van der Waals surface area contributed by atoms with Crippen molar-refractivity contribution < 1.29 is 51.6 Å². The van der Waals surface area contributed by atoms with E-state index in [4.69, 9.17) is 33.3 Å². The number of aromatic amines is 1. The normalized spacial score (nSPS) is 38.1. The molecule has 0 aromatic carbocycles. The SMILES string of the molecule is Nc1nc2c(ncn2[C@]23CO[C@@H](COP(=O)(O)O[C@H]4C[C@H](Oc5ccncn5)C[C@@H]4COP(=O)(O)O2)[C@H]3O)c(=O)[nH]1. The highest BCUT2D eigenvalue weighted by Gasteiger charge is 2.57. The number of imidazole rings is 1. The number of ether oxygens (including phenoxy) is 2. The lowest BCUT2D eigenvalue weighted by molar-refractivity contribution is -0.106. The lowest BCUT2D eigenvalue weighted by atomic mass is 10.1. The quantitative estimate of drug-likeness (QED) is 0.230. The molecule has 3 fully saturated rings. The summed E-state index contributed by atoms with van der Waals surface area (Å²) in [4.78, 5) is 51.7. The maximum absolute atomic E-state index is 13.3. The van der Waals surface area contributed by atoms with Crippen LogP contribution in [0.1, 0.15) is 12.8 Å². The molecule has 6 rings (SSSR count). The van der Waals surface area contributed by atoms with Gasteiger partial charge in [0.2, 0.25) is 17.6 Å². The van der Waals surface area contributed by atoms with E-state index < -0.39 is 77.1 Å². The van der Waals surface area contributed by atoms with Gasteiger partial charge in [0.15, 0.2) is 11.2 Å². The minimum Gasteiger partial charge on any atom is -0.474 e. The maximum Gasteiger partial charge on any atom is 0.474 e. The van der Waals surface area contributed by atoms with Crippen LogP contribution in [0.3, 0.4) is 0 Å². The molecule has 19 nitrogen and oxygen atoms in total. The smallest absolute Gasteiger partial charge is 0.474 e. The molecule has 0 radical (unpaired) electrons. The van der Waals surface area contributed by atoms with E-state index in [1.165, 1.54) is 18.6 Å². The van der Waals surface area contributed by atoms with E-state index in [1.807, 2.05) is 0 Å². The molecule has 2 saturated heterocycles. The van der Waals surface area contributed by atoms with Crippen molar-refractivity contribution in [2.75, 3.05) is 25.6 Å². The molecule has 8 atom stereocenters. The Balaban J connectivity index is 1.33. The van der Waals surface area contributed by atoms with E-state index in [2.05, 4.69) is 24.9 Å². The summed E-state index contributed by atoms with van der Waals surface area (Å²) < 4.78 is 60.0. The van der Waals surface area contributed by atoms with E-state index >= 15 is 0 Å². The van der Waals surface area contributed by atoms with E-state index in [1.54, 1.807) is 0 Å². The predicted molar refractivity (Wildman–Crippen MR) is 133 cm³/mol. The number of hydrogen-bond acceptors (Lipinski definition) is 15. The Kier molecular flexibility index (Phi) is 7.22. The number of phosphoric ester groups is 2. The van der Waals surface area contributed by atoms with Crippen molar-refractivity contribution in [3.63, 3.8) is 0 Å². The summed E-state index contributed by atoms with van der Waals surface area (Å²) in [6.07, 6.45) is -0.657. The van der Waals surface area contributed by atoms with Gasteiger partial charge in [-0.3, -0.25) is 32.4 Å². The standard InChI is InChI=1S/C20H25N7O12P2/c21-19-25-17-15(18(29)26-19)24-9-27(17)20-7-34-13(16(20)28)6-36-40(30,31)38-12-4-11(37-14-1-2-22-8-23-14)3-10(12)5-35-41(32,33)39-20/h1-2,8-13,16,28H,3-7H2,(H,30,31)(H,32,33)(H3,21,25,26,29)/t10-,11-,12+,13+,16-,20-/m1/s1. The molecule has 222 valence electrons. The Labute approximate surface area is 229 Å². The van der Waals surface area contributed by atoms with Crippen LogP contribution in [-0.4, -0.2) is 88.6 Å². The van der Waals surface area contributed by atoms with Crippen molar-refractivity contribution in [3.8, 4) is 5.88 Å². The first-order chi connectivity index (χ1) is 19.4. The third-order valence-electron chi connectivity index (χ3n) is 6.98. The zero-order valence-electron chi connectivity index (χ0n) is 21.0. The molecule has 1 saturated carbocycles. The summed E-state index contributed by atoms with van der Waals surface area (Å²) in [6, 6.07) is 1.53.